The van der Waals surface area contributed by atoms with Gasteiger partial charge in [0, 0.05) is 42.7 Å². The number of nitrogens with zero attached hydrogens (tertiary/aromatic N) is 6. The number of carbonyl (C=O) groups is 2. The van der Waals surface area contributed by atoms with E-state index in [9.17, 15) is 20.1 Å². The van der Waals surface area contributed by atoms with Gasteiger partial charge in [0.05, 0.1) is 35.7 Å². The highest BCUT2D eigenvalue weighted by atomic mass is 32.1. The van der Waals surface area contributed by atoms with E-state index >= 15 is 0 Å². The summed E-state index contributed by atoms with van der Waals surface area (Å²) in [5, 5.41) is 20.1. The molecule has 10 heteroatoms. The van der Waals surface area contributed by atoms with Crippen molar-refractivity contribution in [2.45, 2.75) is 33.1 Å². The summed E-state index contributed by atoms with van der Waals surface area (Å²) in [6.45, 7) is 23.7. The maximum Gasteiger partial charge on any atom is 0.271 e. The summed E-state index contributed by atoms with van der Waals surface area (Å²) >= 11 is 3.12. The van der Waals surface area contributed by atoms with Crippen molar-refractivity contribution >= 4 is 76.8 Å². The Hall–Kier alpha value is -6.30. The lowest BCUT2D eigenvalue weighted by atomic mass is 9.82. The van der Waals surface area contributed by atoms with Crippen LogP contribution in [0.15, 0.2) is 93.3 Å². The second kappa shape index (κ2) is 10.6. The second-order valence-corrected chi connectivity index (χ2v) is 15.3. The van der Waals surface area contributed by atoms with Crippen LogP contribution in [-0.4, -0.2) is 23.0 Å². The Morgan fingerprint density at radius 3 is 1.80 bits per heavy atom. The van der Waals surface area contributed by atoms with Crippen molar-refractivity contribution in [3.63, 3.8) is 0 Å². The van der Waals surface area contributed by atoms with E-state index in [0.717, 1.165) is 31.0 Å². The highest BCUT2D eigenvalue weighted by Crippen LogP contribution is 2.64. The molecule has 0 unspecified atom stereocenters. The number of allylic oxidation sites excluding steroid dienone is 7. The van der Waals surface area contributed by atoms with Gasteiger partial charge < -0.3 is 0 Å². The molecule has 236 valence electrons. The highest BCUT2D eigenvalue weighted by molar-refractivity contribution is 7.30. The lowest BCUT2D eigenvalue weighted by Gasteiger charge is -2.24. The minimum atomic E-state index is -0.596. The third-order valence-electron chi connectivity index (χ3n) is 9.84. The van der Waals surface area contributed by atoms with Crippen LogP contribution in [-0.2, 0) is 5.41 Å². The first kappa shape index (κ1) is 31.0. The van der Waals surface area contributed by atoms with Gasteiger partial charge in [0.15, 0.2) is 0 Å². The number of carbonyl (C=O) groups excluding carboxylic acids is 2. The van der Waals surface area contributed by atoms with Gasteiger partial charge >= 0.3 is 0 Å². The van der Waals surface area contributed by atoms with Crippen molar-refractivity contribution in [1.29, 1.82) is 10.5 Å². The molecule has 4 aliphatic carbocycles. The van der Waals surface area contributed by atoms with Gasteiger partial charge in [-0.15, -0.1) is 22.7 Å². The molecule has 50 heavy (non-hydrogen) atoms. The molecule has 8 rings (SSSR count). The summed E-state index contributed by atoms with van der Waals surface area (Å²) in [4.78, 5) is 44.8. The van der Waals surface area contributed by atoms with Crippen LogP contribution in [0.5, 0.6) is 0 Å². The summed E-state index contributed by atoms with van der Waals surface area (Å²) < 4.78 is 2.07. The van der Waals surface area contributed by atoms with Crippen molar-refractivity contribution < 1.29 is 9.59 Å². The van der Waals surface area contributed by atoms with Crippen LogP contribution >= 0.6 is 22.7 Å². The minimum absolute atomic E-state index is 0.104. The fraction of sp³-hybridized carbons (Fsp3) is 0.150. The smallest absolute Gasteiger partial charge is 0.271 e. The minimum Gasteiger partial charge on any atom is -0.287 e. The zero-order valence-corrected chi connectivity index (χ0v) is 28.7. The van der Waals surface area contributed by atoms with Gasteiger partial charge in [0.1, 0.15) is 16.4 Å². The zero-order chi connectivity index (χ0) is 35.3. The summed E-state index contributed by atoms with van der Waals surface area (Å²) in [6, 6.07) is 19.8. The molecule has 2 aromatic carbocycles. The van der Waals surface area contributed by atoms with E-state index in [1.165, 1.54) is 11.3 Å². The fourth-order valence-corrected chi connectivity index (χ4v) is 10.5. The van der Waals surface area contributed by atoms with Crippen LogP contribution in [0.3, 0.4) is 0 Å². The van der Waals surface area contributed by atoms with Gasteiger partial charge in [-0.25, -0.2) is 30.2 Å². The predicted molar refractivity (Wildman–Crippen MR) is 196 cm³/mol. The second-order valence-electron chi connectivity index (χ2n) is 13.2. The van der Waals surface area contributed by atoms with Crippen molar-refractivity contribution in [2.24, 2.45) is 15.4 Å². The standard InChI is InChI=1S/C40H22N6O2S2/c1-39(2)23-15-27(45-33-29(24(17-41)43-5)19-11-7-9-13-21(19)35(33)47)40(3,4)31(23)38-32(39)37-26(49-38)16-28(50-37)46-34-30(25(18-42)44-6)20-12-8-10-14-22(20)36(34)48/h7-16H,1-4H3/b29-24+,30-25?,45-33?,46-34?. The van der Waals surface area contributed by atoms with E-state index in [-0.39, 0.29) is 45.5 Å². The van der Waals surface area contributed by atoms with Crippen LogP contribution in [0.4, 0.5) is 5.00 Å². The third-order valence-corrected chi connectivity index (χ3v) is 12.2. The van der Waals surface area contributed by atoms with Crippen molar-refractivity contribution in [3.8, 4) is 12.1 Å². The predicted octanol–water partition coefficient (Wildman–Crippen LogP) is 9.55. The maximum absolute atomic E-state index is 13.6. The normalized spacial score (nSPS) is 21.3. The van der Waals surface area contributed by atoms with Crippen LogP contribution in [0, 0.1) is 41.2 Å². The molecule has 4 aliphatic rings. The Balaban J connectivity index is 1.22. The zero-order valence-electron chi connectivity index (χ0n) is 27.1. The molecule has 2 heterocycles. The molecule has 0 fully saturated rings. The maximum atomic E-state index is 13.6. The Bertz CT molecular complexity index is 2700. The Kier molecular flexibility index (Phi) is 6.57. The van der Waals surface area contributed by atoms with Crippen molar-refractivity contribution in [3.05, 3.63) is 139 Å². The van der Waals surface area contributed by atoms with E-state index < -0.39 is 10.8 Å². The first-order valence-corrected chi connectivity index (χ1v) is 17.2. The Morgan fingerprint density at radius 2 is 1.28 bits per heavy atom. The average molecular weight is 683 g/mol. The molecule has 0 aliphatic heterocycles. The number of aliphatic imine (C=N–C) groups is 2. The lowest BCUT2D eigenvalue weighted by Crippen LogP contribution is -2.16. The number of hydrogen-bond acceptors (Lipinski definition) is 8. The van der Waals surface area contributed by atoms with E-state index in [1.807, 2.05) is 24.3 Å². The average Bonchev–Trinajstić information content (AvgIpc) is 3.89. The first-order chi connectivity index (χ1) is 24.0. The molecule has 0 N–H and O–H groups in total. The molecule has 0 amide bonds. The molecular formula is C40H22N6O2S2. The molecule has 8 nitrogen and oxygen atoms in total. The molecule has 0 atom stereocenters. The van der Waals surface area contributed by atoms with Crippen LogP contribution < -0.4 is 0 Å². The fourth-order valence-electron chi connectivity index (χ4n) is 7.47. The van der Waals surface area contributed by atoms with Crippen LogP contribution in [0.25, 0.3) is 35.8 Å². The van der Waals surface area contributed by atoms with E-state index in [4.69, 9.17) is 23.1 Å². The van der Waals surface area contributed by atoms with Gasteiger partial charge in [-0.1, -0.05) is 76.2 Å². The van der Waals surface area contributed by atoms with E-state index in [0.29, 0.717) is 33.0 Å². The number of benzene rings is 2. The van der Waals surface area contributed by atoms with Gasteiger partial charge in [0.25, 0.3) is 11.4 Å². The van der Waals surface area contributed by atoms with Crippen molar-refractivity contribution in [1.82, 2.24) is 0 Å². The Morgan fingerprint density at radius 1 is 0.760 bits per heavy atom. The largest absolute Gasteiger partial charge is 0.287 e. The van der Waals surface area contributed by atoms with Gasteiger partial charge in [0.2, 0.25) is 11.6 Å². The monoisotopic (exact) mass is 682 g/mol. The van der Waals surface area contributed by atoms with E-state index in [1.54, 1.807) is 59.9 Å². The molecule has 2 aromatic heterocycles. The number of hydrogen-bond donors (Lipinski definition) is 0. The first-order valence-electron chi connectivity index (χ1n) is 15.5. The number of nitriles is 2. The number of fused-ring (bicyclic) bond motifs is 6. The molecule has 0 saturated carbocycles. The summed E-state index contributed by atoms with van der Waals surface area (Å²) in [7, 11) is 0. The molecule has 4 aromatic rings. The molecule has 0 saturated heterocycles. The molecule has 0 radical (unpaired) electrons. The molecule has 0 spiro atoms. The van der Waals surface area contributed by atoms with E-state index in [2.05, 4.69) is 37.4 Å². The SMILES string of the molecule is [C-]#[N+]C(C#N)=C1C(=Nc2cc3sc4c(c3s2)C(C)(C)C2=C4C(C)(C)C(N=C3C(=O)c4ccccc4/C3=C(/C#N)[N+]#[C-])=C2)C(=O)c2ccccc21. The quantitative estimate of drug-likeness (QED) is 0.155. The highest BCUT2D eigenvalue weighted by Gasteiger charge is 2.50. The third kappa shape index (κ3) is 3.98. The number of thiophene rings is 2. The van der Waals surface area contributed by atoms with Crippen LogP contribution in [0.2, 0.25) is 0 Å². The van der Waals surface area contributed by atoms with Gasteiger partial charge in [-0.2, -0.15) is 0 Å². The number of Topliss-reactive ketones (excluding diaryl/α,β-unsaturated/α-hetero) is 2. The summed E-state index contributed by atoms with van der Waals surface area (Å²) in [5.74, 6) is -0.613. The lowest BCUT2D eigenvalue weighted by molar-refractivity contribution is 0.106. The van der Waals surface area contributed by atoms with Crippen LogP contribution in [0.1, 0.15) is 70.0 Å². The Labute approximate surface area is 295 Å². The van der Waals surface area contributed by atoms with Crippen molar-refractivity contribution in [2.75, 3.05) is 0 Å². The van der Waals surface area contributed by atoms with Gasteiger partial charge in [-0.05, 0) is 40.0 Å². The summed E-state index contributed by atoms with van der Waals surface area (Å²) in [5.41, 5.74) is 5.41. The number of rotatable bonds is 2. The van der Waals surface area contributed by atoms with Gasteiger partial charge in [-0.3, -0.25) is 9.59 Å². The number of ketones is 2. The molecular weight excluding hydrogens is 661 g/mol. The topological polar surface area (TPSA) is 115 Å². The molecule has 0 bridgehead atoms. The summed E-state index contributed by atoms with van der Waals surface area (Å²) in [6.07, 6.45) is 2.05.